The van der Waals surface area contributed by atoms with Crippen LogP contribution in [0, 0.1) is 11.8 Å². The normalized spacial score (nSPS) is 21.6. The lowest BCUT2D eigenvalue weighted by molar-refractivity contribution is 0.314. The zero-order chi connectivity index (χ0) is 11.1. The molecule has 0 aromatic rings. The van der Waals surface area contributed by atoms with E-state index >= 15 is 0 Å². The maximum absolute atomic E-state index is 5.88. The van der Waals surface area contributed by atoms with Crippen LogP contribution in [-0.2, 0) is 0 Å². The summed E-state index contributed by atoms with van der Waals surface area (Å²) in [6.07, 6.45) is 8.44. The molecule has 0 bridgehead atoms. The Hall–Kier alpha value is -0.0800. The maximum Gasteiger partial charge on any atom is 0.0218 e. The van der Waals surface area contributed by atoms with E-state index in [0.29, 0.717) is 6.04 Å². The number of hydrogen-bond acceptors (Lipinski definition) is 2. The van der Waals surface area contributed by atoms with Crippen molar-refractivity contribution >= 4 is 0 Å². The summed E-state index contributed by atoms with van der Waals surface area (Å²) < 4.78 is 0. The van der Waals surface area contributed by atoms with Crippen molar-refractivity contribution in [3.63, 3.8) is 0 Å². The summed E-state index contributed by atoms with van der Waals surface area (Å²) in [5, 5.41) is 3.64. The smallest absolute Gasteiger partial charge is 0.0218 e. The Kier molecular flexibility index (Phi) is 6.26. The third kappa shape index (κ3) is 4.98. The Bertz CT molecular complexity index is 149. The van der Waals surface area contributed by atoms with E-state index in [1.807, 2.05) is 0 Å². The molecule has 0 spiro atoms. The quantitative estimate of drug-likeness (QED) is 0.687. The van der Waals surface area contributed by atoms with E-state index in [-0.39, 0.29) is 0 Å². The predicted octanol–water partition coefficient (Wildman–Crippen LogP) is 2.53. The molecular formula is C13H28N2. The fourth-order valence-corrected chi connectivity index (χ4v) is 2.54. The Morgan fingerprint density at radius 2 is 1.73 bits per heavy atom. The number of nitrogens with two attached hydrogens (primary N) is 1. The van der Waals surface area contributed by atoms with E-state index in [1.54, 1.807) is 0 Å². The SMILES string of the molecule is CC(C)CNC(CN)C1CCCCCC1. The summed E-state index contributed by atoms with van der Waals surface area (Å²) in [5.41, 5.74) is 5.88. The van der Waals surface area contributed by atoms with Gasteiger partial charge in [-0.3, -0.25) is 0 Å². The van der Waals surface area contributed by atoms with E-state index in [4.69, 9.17) is 5.73 Å². The van der Waals surface area contributed by atoms with E-state index in [9.17, 15) is 0 Å². The average molecular weight is 212 g/mol. The molecule has 1 unspecified atom stereocenters. The predicted molar refractivity (Wildman–Crippen MR) is 66.9 cm³/mol. The van der Waals surface area contributed by atoms with Gasteiger partial charge in [-0.15, -0.1) is 0 Å². The lowest BCUT2D eigenvalue weighted by Crippen LogP contribution is -2.43. The van der Waals surface area contributed by atoms with Crippen LogP contribution < -0.4 is 11.1 Å². The van der Waals surface area contributed by atoms with Gasteiger partial charge in [0.15, 0.2) is 0 Å². The minimum absolute atomic E-state index is 0.561. The van der Waals surface area contributed by atoms with Crippen LogP contribution in [-0.4, -0.2) is 19.1 Å². The van der Waals surface area contributed by atoms with Gasteiger partial charge in [0, 0.05) is 12.6 Å². The first kappa shape index (κ1) is 13.0. The lowest BCUT2D eigenvalue weighted by Gasteiger charge is -2.26. The van der Waals surface area contributed by atoms with Gasteiger partial charge in [-0.1, -0.05) is 39.5 Å². The Balaban J connectivity index is 2.34. The first-order chi connectivity index (χ1) is 7.24. The summed E-state index contributed by atoms with van der Waals surface area (Å²) in [6, 6.07) is 0.561. The molecular weight excluding hydrogens is 184 g/mol. The zero-order valence-electron chi connectivity index (χ0n) is 10.5. The molecule has 1 rings (SSSR count). The fraction of sp³-hybridized carbons (Fsp3) is 1.00. The number of hydrogen-bond donors (Lipinski definition) is 2. The van der Waals surface area contributed by atoms with Crippen molar-refractivity contribution in [2.24, 2.45) is 17.6 Å². The lowest BCUT2D eigenvalue weighted by atomic mass is 9.91. The molecule has 1 atom stereocenters. The molecule has 0 saturated heterocycles. The van der Waals surface area contributed by atoms with Crippen molar-refractivity contribution in [1.29, 1.82) is 0 Å². The minimum atomic E-state index is 0.561. The first-order valence-electron chi connectivity index (χ1n) is 6.67. The van der Waals surface area contributed by atoms with Gasteiger partial charge in [0.25, 0.3) is 0 Å². The molecule has 1 aliphatic rings. The highest BCUT2D eigenvalue weighted by atomic mass is 14.9. The van der Waals surface area contributed by atoms with Crippen LogP contribution in [0.15, 0.2) is 0 Å². The first-order valence-corrected chi connectivity index (χ1v) is 6.67. The molecule has 0 radical (unpaired) electrons. The second-order valence-electron chi connectivity index (χ2n) is 5.40. The molecule has 0 amide bonds. The highest BCUT2D eigenvalue weighted by Gasteiger charge is 2.21. The van der Waals surface area contributed by atoms with Crippen molar-refractivity contribution in [2.45, 2.75) is 58.4 Å². The molecule has 2 heteroatoms. The van der Waals surface area contributed by atoms with E-state index in [0.717, 1.165) is 24.9 Å². The third-order valence-corrected chi connectivity index (χ3v) is 3.51. The molecule has 90 valence electrons. The van der Waals surface area contributed by atoms with Crippen molar-refractivity contribution in [3.8, 4) is 0 Å². The summed E-state index contributed by atoms with van der Waals surface area (Å²) in [6.45, 7) is 6.43. The van der Waals surface area contributed by atoms with Gasteiger partial charge in [-0.05, 0) is 31.2 Å². The van der Waals surface area contributed by atoms with Crippen LogP contribution in [0.2, 0.25) is 0 Å². The molecule has 0 aromatic carbocycles. The number of rotatable bonds is 5. The molecule has 0 aromatic heterocycles. The average Bonchev–Trinajstić information content (AvgIpc) is 2.47. The Morgan fingerprint density at radius 3 is 2.20 bits per heavy atom. The standard InChI is InChI=1S/C13H28N2/c1-11(2)10-15-13(9-14)12-7-5-3-4-6-8-12/h11-13,15H,3-10,14H2,1-2H3. The van der Waals surface area contributed by atoms with Crippen LogP contribution >= 0.6 is 0 Å². The largest absolute Gasteiger partial charge is 0.329 e. The third-order valence-electron chi connectivity index (χ3n) is 3.51. The minimum Gasteiger partial charge on any atom is -0.329 e. The molecule has 0 heterocycles. The van der Waals surface area contributed by atoms with Crippen LogP contribution in [0.1, 0.15) is 52.4 Å². The second kappa shape index (κ2) is 7.24. The summed E-state index contributed by atoms with van der Waals surface area (Å²) in [4.78, 5) is 0. The Labute approximate surface area is 95.0 Å². The van der Waals surface area contributed by atoms with Crippen LogP contribution in [0.3, 0.4) is 0 Å². The summed E-state index contributed by atoms with van der Waals surface area (Å²) >= 11 is 0. The van der Waals surface area contributed by atoms with Crippen molar-refractivity contribution in [3.05, 3.63) is 0 Å². The summed E-state index contributed by atoms with van der Waals surface area (Å²) in [7, 11) is 0. The van der Waals surface area contributed by atoms with E-state index in [1.165, 1.54) is 38.5 Å². The number of nitrogens with one attached hydrogen (secondary N) is 1. The van der Waals surface area contributed by atoms with Gasteiger partial charge in [0.2, 0.25) is 0 Å². The van der Waals surface area contributed by atoms with Gasteiger partial charge in [-0.25, -0.2) is 0 Å². The van der Waals surface area contributed by atoms with Gasteiger partial charge < -0.3 is 11.1 Å². The van der Waals surface area contributed by atoms with Crippen LogP contribution in [0.5, 0.6) is 0 Å². The molecule has 15 heavy (non-hydrogen) atoms. The van der Waals surface area contributed by atoms with Crippen molar-refractivity contribution in [2.75, 3.05) is 13.1 Å². The highest BCUT2D eigenvalue weighted by molar-refractivity contribution is 4.79. The second-order valence-corrected chi connectivity index (χ2v) is 5.40. The maximum atomic E-state index is 5.88. The topological polar surface area (TPSA) is 38.0 Å². The fourth-order valence-electron chi connectivity index (χ4n) is 2.54. The monoisotopic (exact) mass is 212 g/mol. The molecule has 1 aliphatic carbocycles. The van der Waals surface area contributed by atoms with Gasteiger partial charge >= 0.3 is 0 Å². The molecule has 1 fully saturated rings. The van der Waals surface area contributed by atoms with Gasteiger partial charge in [0.05, 0.1) is 0 Å². The molecule has 0 aliphatic heterocycles. The molecule has 1 saturated carbocycles. The van der Waals surface area contributed by atoms with Crippen LogP contribution in [0.25, 0.3) is 0 Å². The molecule has 2 nitrogen and oxygen atoms in total. The Morgan fingerprint density at radius 1 is 1.13 bits per heavy atom. The zero-order valence-corrected chi connectivity index (χ0v) is 10.5. The van der Waals surface area contributed by atoms with Crippen molar-refractivity contribution < 1.29 is 0 Å². The van der Waals surface area contributed by atoms with E-state index < -0.39 is 0 Å². The van der Waals surface area contributed by atoms with Gasteiger partial charge in [-0.2, -0.15) is 0 Å². The van der Waals surface area contributed by atoms with Crippen molar-refractivity contribution in [1.82, 2.24) is 5.32 Å². The van der Waals surface area contributed by atoms with Crippen LogP contribution in [0.4, 0.5) is 0 Å². The van der Waals surface area contributed by atoms with Gasteiger partial charge in [0.1, 0.15) is 0 Å². The highest BCUT2D eigenvalue weighted by Crippen LogP contribution is 2.25. The van der Waals surface area contributed by atoms with E-state index in [2.05, 4.69) is 19.2 Å². The molecule has 3 N–H and O–H groups in total. The summed E-state index contributed by atoms with van der Waals surface area (Å²) in [5.74, 6) is 1.56.